The minimum absolute atomic E-state index is 0.0380. The molecule has 0 saturated heterocycles. The number of fused-ring (bicyclic) bond motifs is 1. The Labute approximate surface area is 147 Å². The van der Waals surface area contributed by atoms with Gasteiger partial charge in [0.15, 0.2) is 11.8 Å². The fourth-order valence-corrected chi connectivity index (χ4v) is 2.83. The molecular formula is C16H19BrN4O3. The van der Waals surface area contributed by atoms with Crippen LogP contribution in [0.2, 0.25) is 0 Å². The number of aromatic nitrogens is 3. The number of esters is 1. The molecule has 7 nitrogen and oxygen atoms in total. The summed E-state index contributed by atoms with van der Waals surface area (Å²) in [6.07, 6.45) is 4.31. The van der Waals surface area contributed by atoms with Crippen LogP contribution < -0.4 is 5.32 Å². The van der Waals surface area contributed by atoms with Crippen molar-refractivity contribution in [3.8, 4) is 0 Å². The summed E-state index contributed by atoms with van der Waals surface area (Å²) >= 11 is 3.35. The molecule has 1 unspecified atom stereocenters. The van der Waals surface area contributed by atoms with E-state index in [-0.39, 0.29) is 24.2 Å². The van der Waals surface area contributed by atoms with Gasteiger partial charge >= 0.3 is 5.97 Å². The molecule has 0 aliphatic heterocycles. The summed E-state index contributed by atoms with van der Waals surface area (Å²) < 4.78 is 6.20. The van der Waals surface area contributed by atoms with Gasteiger partial charge in [-0.25, -0.2) is 9.97 Å². The number of aromatic amines is 1. The molecule has 0 spiro atoms. The van der Waals surface area contributed by atoms with Gasteiger partial charge in [0.25, 0.3) is 0 Å². The van der Waals surface area contributed by atoms with E-state index in [2.05, 4.69) is 36.2 Å². The molecule has 2 aromatic rings. The Kier molecular flexibility index (Phi) is 5.13. The monoisotopic (exact) mass is 394 g/mol. The molecule has 0 aromatic carbocycles. The number of carbonyl (C=O) groups excluding carboxylic acids is 2. The first kappa shape index (κ1) is 16.9. The lowest BCUT2D eigenvalue weighted by molar-refractivity contribution is -0.148. The average Bonchev–Trinajstić information content (AvgIpc) is 2.88. The van der Waals surface area contributed by atoms with Gasteiger partial charge in [0, 0.05) is 23.1 Å². The molecule has 1 aliphatic rings. The molecule has 128 valence electrons. The van der Waals surface area contributed by atoms with E-state index in [4.69, 9.17) is 4.74 Å². The minimum Gasteiger partial charge on any atom is -0.454 e. The molecule has 2 aromatic heterocycles. The average molecular weight is 395 g/mol. The summed E-state index contributed by atoms with van der Waals surface area (Å²) in [5.41, 5.74) is 1.35. The fourth-order valence-electron chi connectivity index (χ4n) is 2.50. The second-order valence-electron chi connectivity index (χ2n) is 5.95. The van der Waals surface area contributed by atoms with E-state index in [0.717, 1.165) is 29.3 Å². The fraction of sp³-hybridized carbons (Fsp3) is 0.500. The van der Waals surface area contributed by atoms with Crippen molar-refractivity contribution in [3.05, 3.63) is 22.6 Å². The standard InChI is InChI=1S/C16H19BrN4O3/c1-9(14-20-12-7-11(17)8-19-15(12)21-14)24-13(22)5-6-18-16(23)10-3-2-4-10/h7-10H,2-6H2,1H3,(H,18,23)(H,19,20,21). The smallest absolute Gasteiger partial charge is 0.308 e. The Bertz CT molecular complexity index is 757. The summed E-state index contributed by atoms with van der Waals surface area (Å²) in [4.78, 5) is 35.2. The molecule has 1 saturated carbocycles. The van der Waals surface area contributed by atoms with Gasteiger partial charge in [0.05, 0.1) is 11.9 Å². The van der Waals surface area contributed by atoms with Crippen molar-refractivity contribution < 1.29 is 14.3 Å². The lowest BCUT2D eigenvalue weighted by atomic mass is 9.85. The molecule has 24 heavy (non-hydrogen) atoms. The quantitative estimate of drug-likeness (QED) is 0.733. The molecule has 1 aliphatic carbocycles. The largest absolute Gasteiger partial charge is 0.454 e. The van der Waals surface area contributed by atoms with E-state index in [9.17, 15) is 9.59 Å². The highest BCUT2D eigenvalue weighted by Gasteiger charge is 2.25. The van der Waals surface area contributed by atoms with Crippen LogP contribution in [-0.2, 0) is 14.3 Å². The van der Waals surface area contributed by atoms with Gasteiger partial charge in [-0.3, -0.25) is 9.59 Å². The Balaban J connectivity index is 1.48. The Morgan fingerprint density at radius 2 is 2.29 bits per heavy atom. The van der Waals surface area contributed by atoms with Gasteiger partial charge in [-0.15, -0.1) is 0 Å². The zero-order valence-electron chi connectivity index (χ0n) is 13.3. The van der Waals surface area contributed by atoms with Crippen molar-refractivity contribution in [1.29, 1.82) is 0 Å². The summed E-state index contributed by atoms with van der Waals surface area (Å²) in [5.74, 6) is 0.340. The van der Waals surface area contributed by atoms with Crippen LogP contribution in [0.5, 0.6) is 0 Å². The number of H-pyrrole nitrogens is 1. The number of pyridine rings is 1. The SMILES string of the molecule is CC(OC(=O)CCNC(=O)C1CCC1)c1nc2ncc(Br)cc2[nH]1. The molecule has 1 amide bonds. The Hall–Kier alpha value is -1.96. The van der Waals surface area contributed by atoms with Crippen molar-refractivity contribution in [1.82, 2.24) is 20.3 Å². The third-order valence-electron chi connectivity index (χ3n) is 4.12. The van der Waals surface area contributed by atoms with E-state index in [1.165, 1.54) is 0 Å². The number of rotatable bonds is 6. The summed E-state index contributed by atoms with van der Waals surface area (Å²) in [5, 5.41) is 2.78. The highest BCUT2D eigenvalue weighted by Crippen LogP contribution is 2.26. The number of hydrogen-bond acceptors (Lipinski definition) is 5. The predicted octanol–water partition coefficient (Wildman–Crippen LogP) is 2.63. The Morgan fingerprint density at radius 1 is 1.50 bits per heavy atom. The van der Waals surface area contributed by atoms with E-state index in [1.807, 2.05) is 6.07 Å². The van der Waals surface area contributed by atoms with Crippen molar-refractivity contribution in [2.45, 2.75) is 38.7 Å². The first-order valence-corrected chi connectivity index (χ1v) is 8.80. The Morgan fingerprint density at radius 3 is 3.00 bits per heavy atom. The van der Waals surface area contributed by atoms with Crippen LogP contribution in [0, 0.1) is 5.92 Å². The van der Waals surface area contributed by atoms with Crippen molar-refractivity contribution >= 4 is 39.0 Å². The van der Waals surface area contributed by atoms with Crippen molar-refractivity contribution in [2.24, 2.45) is 5.92 Å². The summed E-state index contributed by atoms with van der Waals surface area (Å²) in [6.45, 7) is 2.05. The molecule has 0 radical (unpaired) electrons. The van der Waals surface area contributed by atoms with E-state index < -0.39 is 6.10 Å². The van der Waals surface area contributed by atoms with Crippen LogP contribution in [0.1, 0.15) is 44.5 Å². The number of nitrogens with zero attached hydrogens (tertiary/aromatic N) is 2. The van der Waals surface area contributed by atoms with Crippen molar-refractivity contribution in [3.63, 3.8) is 0 Å². The molecule has 3 rings (SSSR count). The van der Waals surface area contributed by atoms with Crippen molar-refractivity contribution in [2.75, 3.05) is 6.54 Å². The maximum atomic E-state index is 11.9. The summed E-state index contributed by atoms with van der Waals surface area (Å²) in [7, 11) is 0. The molecule has 0 bridgehead atoms. The van der Waals surface area contributed by atoms with Crippen LogP contribution in [0.25, 0.3) is 11.2 Å². The maximum Gasteiger partial charge on any atom is 0.308 e. The van der Waals surface area contributed by atoms with Gasteiger partial charge in [-0.1, -0.05) is 6.42 Å². The highest BCUT2D eigenvalue weighted by molar-refractivity contribution is 9.10. The van der Waals surface area contributed by atoms with E-state index in [0.29, 0.717) is 18.0 Å². The highest BCUT2D eigenvalue weighted by atomic mass is 79.9. The first-order chi connectivity index (χ1) is 11.5. The van der Waals surface area contributed by atoms with E-state index >= 15 is 0 Å². The number of halogens is 1. The minimum atomic E-state index is -0.507. The van der Waals surface area contributed by atoms with Gasteiger partial charge in [-0.2, -0.15) is 0 Å². The van der Waals surface area contributed by atoms with E-state index in [1.54, 1.807) is 13.1 Å². The second-order valence-corrected chi connectivity index (χ2v) is 6.86. The lowest BCUT2D eigenvalue weighted by Crippen LogP contribution is -2.35. The van der Waals surface area contributed by atoms with Gasteiger partial charge in [0.1, 0.15) is 5.82 Å². The van der Waals surface area contributed by atoms with Gasteiger partial charge < -0.3 is 15.0 Å². The number of hydrogen-bond donors (Lipinski definition) is 2. The molecule has 2 N–H and O–H groups in total. The molecule has 1 fully saturated rings. The molecule has 8 heteroatoms. The molecule has 1 atom stereocenters. The first-order valence-electron chi connectivity index (χ1n) is 8.01. The van der Waals surface area contributed by atoms with Crippen LogP contribution in [0.4, 0.5) is 0 Å². The van der Waals surface area contributed by atoms with Gasteiger partial charge in [-0.05, 0) is 41.8 Å². The molecular weight excluding hydrogens is 376 g/mol. The van der Waals surface area contributed by atoms with Crippen LogP contribution in [-0.4, -0.2) is 33.4 Å². The lowest BCUT2D eigenvalue weighted by Gasteiger charge is -2.23. The number of imidazole rings is 1. The zero-order valence-corrected chi connectivity index (χ0v) is 14.9. The van der Waals surface area contributed by atoms with Crippen LogP contribution in [0.15, 0.2) is 16.7 Å². The number of nitrogens with one attached hydrogen (secondary N) is 2. The normalized spacial score (nSPS) is 15.8. The topological polar surface area (TPSA) is 97.0 Å². The third kappa shape index (κ3) is 3.92. The van der Waals surface area contributed by atoms with Crippen LogP contribution >= 0.6 is 15.9 Å². The zero-order chi connectivity index (χ0) is 17.1. The second kappa shape index (κ2) is 7.29. The number of ether oxygens (including phenoxy) is 1. The molecule has 2 heterocycles. The summed E-state index contributed by atoms with van der Waals surface area (Å²) in [6, 6.07) is 1.86. The predicted molar refractivity (Wildman–Crippen MR) is 91.1 cm³/mol. The number of carbonyl (C=O) groups is 2. The maximum absolute atomic E-state index is 11.9. The number of amides is 1. The van der Waals surface area contributed by atoms with Crippen LogP contribution in [0.3, 0.4) is 0 Å². The third-order valence-corrected chi connectivity index (χ3v) is 4.55. The van der Waals surface area contributed by atoms with Gasteiger partial charge in [0.2, 0.25) is 5.91 Å².